The molecule has 2 heterocycles. The Morgan fingerprint density at radius 3 is 2.37 bits per heavy atom. The number of alkyl carbamates (subject to hydrolysis) is 1. The standard InChI is InChI=1S/C27H37NO6S/c1-17(2)9-11-20-13-14-21(35-20)12-10-19(4)25(30)24-22(29)16-23(34-26(24)31)18(3)8-6-7-15-28-27(32)33-5/h7,13-19,29H,6,8-12H2,1-5H3,(H,28,32)/b15-7+. The summed E-state index contributed by atoms with van der Waals surface area (Å²) in [6, 6.07) is 5.63. The van der Waals surface area contributed by atoms with E-state index in [1.54, 1.807) is 24.3 Å². The molecule has 2 rings (SSSR count). The number of rotatable bonds is 13. The van der Waals surface area contributed by atoms with Gasteiger partial charge in [-0.15, -0.1) is 11.3 Å². The van der Waals surface area contributed by atoms with Crippen molar-refractivity contribution in [3.63, 3.8) is 0 Å². The molecular weight excluding hydrogens is 466 g/mol. The Hall–Kier alpha value is -2.87. The van der Waals surface area contributed by atoms with Crippen molar-refractivity contribution in [1.29, 1.82) is 0 Å². The summed E-state index contributed by atoms with van der Waals surface area (Å²) in [6.07, 6.45) is 7.47. The highest BCUT2D eigenvalue weighted by atomic mass is 32.1. The molecular formula is C27H37NO6S. The first kappa shape index (κ1) is 28.4. The summed E-state index contributed by atoms with van der Waals surface area (Å²) in [5, 5.41) is 12.9. The van der Waals surface area contributed by atoms with E-state index < -0.39 is 23.4 Å². The monoisotopic (exact) mass is 503 g/mol. The topological polar surface area (TPSA) is 106 Å². The molecule has 2 aromatic heterocycles. The number of amides is 1. The predicted octanol–water partition coefficient (Wildman–Crippen LogP) is 6.20. The molecule has 8 heteroatoms. The third kappa shape index (κ3) is 9.02. The number of hydrogen-bond donors (Lipinski definition) is 2. The van der Waals surface area contributed by atoms with Crippen molar-refractivity contribution in [1.82, 2.24) is 5.32 Å². The van der Waals surface area contributed by atoms with E-state index in [0.717, 1.165) is 19.3 Å². The summed E-state index contributed by atoms with van der Waals surface area (Å²) < 4.78 is 9.87. The lowest BCUT2D eigenvalue weighted by atomic mass is 9.94. The van der Waals surface area contributed by atoms with Gasteiger partial charge in [0.2, 0.25) is 0 Å². The zero-order chi connectivity index (χ0) is 26.0. The van der Waals surface area contributed by atoms with Crippen LogP contribution in [0, 0.1) is 11.8 Å². The fraction of sp³-hybridized carbons (Fsp3) is 0.519. The van der Waals surface area contributed by atoms with Crippen LogP contribution in [0.3, 0.4) is 0 Å². The first-order valence-corrected chi connectivity index (χ1v) is 12.9. The van der Waals surface area contributed by atoms with Gasteiger partial charge < -0.3 is 14.3 Å². The van der Waals surface area contributed by atoms with Crippen LogP contribution in [-0.4, -0.2) is 24.1 Å². The van der Waals surface area contributed by atoms with Crippen LogP contribution in [0.1, 0.15) is 85.2 Å². The maximum atomic E-state index is 12.9. The highest BCUT2D eigenvalue weighted by Gasteiger charge is 2.25. The second-order valence-electron chi connectivity index (χ2n) is 9.32. The fourth-order valence-electron chi connectivity index (χ4n) is 3.58. The number of carbonyl (C=O) groups excluding carboxylic acids is 2. The van der Waals surface area contributed by atoms with Crippen LogP contribution in [0.2, 0.25) is 0 Å². The molecule has 0 spiro atoms. The lowest BCUT2D eigenvalue weighted by Gasteiger charge is -2.13. The molecule has 0 aromatic carbocycles. The van der Waals surface area contributed by atoms with Gasteiger partial charge in [0.15, 0.2) is 5.78 Å². The molecule has 7 nitrogen and oxygen atoms in total. The van der Waals surface area contributed by atoms with Gasteiger partial charge in [0, 0.05) is 33.9 Å². The predicted molar refractivity (Wildman–Crippen MR) is 138 cm³/mol. The van der Waals surface area contributed by atoms with E-state index in [1.165, 1.54) is 29.1 Å². The van der Waals surface area contributed by atoms with Crippen LogP contribution >= 0.6 is 11.3 Å². The molecule has 1 amide bonds. The average Bonchev–Trinajstić information content (AvgIpc) is 3.27. The number of thiophene rings is 1. The molecule has 192 valence electrons. The number of ketones is 1. The smallest absolute Gasteiger partial charge is 0.410 e. The minimum Gasteiger partial charge on any atom is -0.507 e. The number of aromatic hydroxyl groups is 1. The van der Waals surface area contributed by atoms with Crippen LogP contribution in [-0.2, 0) is 17.6 Å². The van der Waals surface area contributed by atoms with Crippen molar-refractivity contribution in [3.8, 4) is 5.75 Å². The number of allylic oxidation sites excluding steroid dienone is 1. The van der Waals surface area contributed by atoms with E-state index in [0.29, 0.717) is 30.9 Å². The zero-order valence-corrected chi connectivity index (χ0v) is 22.1. The van der Waals surface area contributed by atoms with Gasteiger partial charge in [-0.25, -0.2) is 9.59 Å². The van der Waals surface area contributed by atoms with Gasteiger partial charge in [0.1, 0.15) is 17.1 Å². The van der Waals surface area contributed by atoms with E-state index in [2.05, 4.69) is 36.0 Å². The largest absolute Gasteiger partial charge is 0.507 e. The van der Waals surface area contributed by atoms with E-state index in [4.69, 9.17) is 4.42 Å². The molecule has 35 heavy (non-hydrogen) atoms. The quantitative estimate of drug-likeness (QED) is 0.315. The molecule has 2 unspecified atom stereocenters. The molecule has 0 aliphatic rings. The Bertz CT molecular complexity index is 1070. The van der Waals surface area contributed by atoms with Gasteiger partial charge in [-0.3, -0.25) is 10.1 Å². The summed E-state index contributed by atoms with van der Waals surface area (Å²) >= 11 is 1.78. The average molecular weight is 504 g/mol. The van der Waals surface area contributed by atoms with E-state index >= 15 is 0 Å². The summed E-state index contributed by atoms with van der Waals surface area (Å²) in [4.78, 5) is 39.1. The van der Waals surface area contributed by atoms with Crippen molar-refractivity contribution in [2.24, 2.45) is 11.8 Å². The van der Waals surface area contributed by atoms with Gasteiger partial charge in [0.25, 0.3) is 0 Å². The van der Waals surface area contributed by atoms with Crippen LogP contribution in [0.25, 0.3) is 0 Å². The molecule has 2 N–H and O–H groups in total. The van der Waals surface area contributed by atoms with Gasteiger partial charge in [-0.1, -0.05) is 33.8 Å². The van der Waals surface area contributed by atoms with Gasteiger partial charge in [-0.05, 0) is 56.6 Å². The second kappa shape index (κ2) is 13.9. The number of aryl methyl sites for hydroxylation is 2. The number of Topliss-reactive ketones (excluding diaryl/α,β-unsaturated/α-hetero) is 1. The van der Waals surface area contributed by atoms with Gasteiger partial charge in [0.05, 0.1) is 7.11 Å². The summed E-state index contributed by atoms with van der Waals surface area (Å²) in [6.45, 7) is 8.07. The van der Waals surface area contributed by atoms with Crippen molar-refractivity contribution in [2.75, 3.05) is 7.11 Å². The number of hydrogen-bond acceptors (Lipinski definition) is 7. The molecule has 0 saturated heterocycles. The van der Waals surface area contributed by atoms with E-state index in [9.17, 15) is 19.5 Å². The number of methoxy groups -OCH3 is 1. The Morgan fingerprint density at radius 1 is 1.11 bits per heavy atom. The number of carbonyl (C=O) groups is 2. The van der Waals surface area contributed by atoms with Crippen molar-refractivity contribution < 1.29 is 23.8 Å². The summed E-state index contributed by atoms with van der Waals surface area (Å²) in [7, 11) is 1.28. The highest BCUT2D eigenvalue weighted by Crippen LogP contribution is 2.27. The SMILES string of the molecule is COC(=O)N/C=C/CCC(C)c1cc(O)c(C(=O)C(C)CCc2ccc(CCC(C)C)s2)c(=O)o1. The van der Waals surface area contributed by atoms with Crippen molar-refractivity contribution in [3.05, 3.63) is 62.0 Å². The van der Waals surface area contributed by atoms with Crippen LogP contribution in [0.5, 0.6) is 5.75 Å². The Morgan fingerprint density at radius 2 is 1.77 bits per heavy atom. The first-order valence-electron chi connectivity index (χ1n) is 12.1. The second-order valence-corrected chi connectivity index (χ2v) is 10.6. The molecule has 0 bridgehead atoms. The maximum absolute atomic E-state index is 12.9. The first-order chi connectivity index (χ1) is 16.6. The molecule has 2 aromatic rings. The molecule has 0 aliphatic carbocycles. The van der Waals surface area contributed by atoms with Crippen LogP contribution in [0.15, 0.2) is 39.7 Å². The zero-order valence-electron chi connectivity index (χ0n) is 21.3. The van der Waals surface area contributed by atoms with Crippen molar-refractivity contribution in [2.45, 2.75) is 72.1 Å². The highest BCUT2D eigenvalue weighted by molar-refractivity contribution is 7.11. The van der Waals surface area contributed by atoms with Gasteiger partial charge >= 0.3 is 11.7 Å². The molecule has 0 saturated carbocycles. The van der Waals surface area contributed by atoms with E-state index in [-0.39, 0.29) is 17.2 Å². The minimum atomic E-state index is -0.807. The Labute approximate surface area is 211 Å². The fourth-order valence-corrected chi connectivity index (χ4v) is 4.63. The maximum Gasteiger partial charge on any atom is 0.410 e. The third-order valence-corrected chi connectivity index (χ3v) is 7.11. The van der Waals surface area contributed by atoms with Crippen LogP contribution < -0.4 is 10.9 Å². The summed E-state index contributed by atoms with van der Waals surface area (Å²) in [5.41, 5.74) is -1.09. The molecule has 0 fully saturated rings. The molecule has 0 radical (unpaired) electrons. The third-order valence-electron chi connectivity index (χ3n) is 5.91. The lowest BCUT2D eigenvalue weighted by Crippen LogP contribution is -2.21. The summed E-state index contributed by atoms with van der Waals surface area (Å²) in [5.74, 6) is -0.334. The Kier molecular flexibility index (Phi) is 11.2. The normalized spacial score (nSPS) is 13.2. The molecule has 0 aliphatic heterocycles. The molecule has 2 atom stereocenters. The Balaban J connectivity index is 1.95. The number of ether oxygens (including phenoxy) is 1. The van der Waals surface area contributed by atoms with Crippen molar-refractivity contribution >= 4 is 23.2 Å². The minimum absolute atomic E-state index is 0.165. The van der Waals surface area contributed by atoms with Gasteiger partial charge in [-0.2, -0.15) is 0 Å². The van der Waals surface area contributed by atoms with E-state index in [1.807, 2.05) is 6.92 Å². The lowest BCUT2D eigenvalue weighted by molar-refractivity contribution is 0.0916. The van der Waals surface area contributed by atoms with Crippen LogP contribution in [0.4, 0.5) is 4.79 Å². The number of nitrogens with one attached hydrogen (secondary N) is 1.